The highest BCUT2D eigenvalue weighted by Crippen LogP contribution is 2.25. The fourth-order valence-corrected chi connectivity index (χ4v) is 2.06. The summed E-state index contributed by atoms with van der Waals surface area (Å²) in [4.78, 5) is 14.1. The van der Waals surface area contributed by atoms with E-state index in [1.165, 1.54) is 12.3 Å². The van der Waals surface area contributed by atoms with Crippen LogP contribution in [0.1, 0.15) is 6.42 Å². The van der Waals surface area contributed by atoms with Gasteiger partial charge >= 0.3 is 0 Å². The molecule has 2 N–H and O–H groups in total. The van der Waals surface area contributed by atoms with Gasteiger partial charge in [0.05, 0.1) is 10.7 Å². The van der Waals surface area contributed by atoms with Crippen molar-refractivity contribution >= 4 is 34.8 Å². The molecule has 0 heterocycles. The van der Waals surface area contributed by atoms with Gasteiger partial charge in [0.15, 0.2) is 0 Å². The molecule has 118 valence electrons. The quantitative estimate of drug-likeness (QED) is 0.455. The number of anilines is 1. The van der Waals surface area contributed by atoms with Gasteiger partial charge in [-0.25, -0.2) is 0 Å². The standard InChI is InChI=1S/C15H18Cl2N4O/c1-21(2)7-3-6-19-10-11(9-18)15(22)20-14-5-4-12(16)8-13(14)17/h4-5,8,10,19H,3,6-7H2,1-2H3,(H,20,22)/b11-10-. The Labute approximate surface area is 140 Å². The lowest BCUT2D eigenvalue weighted by atomic mass is 10.2. The normalized spacial score (nSPS) is 11.2. The van der Waals surface area contributed by atoms with Gasteiger partial charge in [-0.3, -0.25) is 4.79 Å². The Morgan fingerprint density at radius 3 is 2.73 bits per heavy atom. The van der Waals surface area contributed by atoms with Gasteiger partial charge in [0, 0.05) is 17.8 Å². The molecule has 0 aliphatic rings. The average molecular weight is 341 g/mol. The number of amides is 1. The smallest absolute Gasteiger partial charge is 0.267 e. The maximum absolute atomic E-state index is 12.0. The minimum absolute atomic E-state index is 0.0177. The number of nitrogens with one attached hydrogen (secondary N) is 2. The summed E-state index contributed by atoms with van der Waals surface area (Å²) < 4.78 is 0. The van der Waals surface area contributed by atoms with Crippen LogP contribution in [0.25, 0.3) is 0 Å². The van der Waals surface area contributed by atoms with Crippen molar-refractivity contribution in [1.82, 2.24) is 10.2 Å². The summed E-state index contributed by atoms with van der Waals surface area (Å²) in [6.07, 6.45) is 2.32. The lowest BCUT2D eigenvalue weighted by molar-refractivity contribution is -0.112. The minimum atomic E-state index is -0.521. The summed E-state index contributed by atoms with van der Waals surface area (Å²) >= 11 is 11.8. The third-order valence-electron chi connectivity index (χ3n) is 2.72. The molecule has 0 aliphatic heterocycles. The predicted octanol–water partition coefficient (Wildman–Crippen LogP) is 2.88. The van der Waals surface area contributed by atoms with E-state index in [-0.39, 0.29) is 5.57 Å². The van der Waals surface area contributed by atoms with Gasteiger partial charge in [-0.05, 0) is 45.3 Å². The molecule has 5 nitrogen and oxygen atoms in total. The van der Waals surface area contributed by atoms with Gasteiger partial charge in [0.1, 0.15) is 11.6 Å². The second kappa shape index (κ2) is 9.31. The molecule has 0 spiro atoms. The van der Waals surface area contributed by atoms with E-state index in [9.17, 15) is 4.79 Å². The van der Waals surface area contributed by atoms with Crippen molar-refractivity contribution in [2.45, 2.75) is 6.42 Å². The van der Waals surface area contributed by atoms with E-state index in [1.807, 2.05) is 20.2 Å². The Morgan fingerprint density at radius 1 is 1.41 bits per heavy atom. The summed E-state index contributed by atoms with van der Waals surface area (Å²) in [7, 11) is 3.97. The Balaban J connectivity index is 2.59. The van der Waals surface area contributed by atoms with Crippen LogP contribution in [0.4, 0.5) is 5.69 Å². The molecule has 0 aliphatic carbocycles. The molecular formula is C15H18Cl2N4O. The third-order valence-corrected chi connectivity index (χ3v) is 3.27. The van der Waals surface area contributed by atoms with Gasteiger partial charge in [-0.2, -0.15) is 5.26 Å². The average Bonchev–Trinajstić information content (AvgIpc) is 2.45. The van der Waals surface area contributed by atoms with E-state index in [2.05, 4.69) is 15.5 Å². The molecular weight excluding hydrogens is 323 g/mol. The molecule has 22 heavy (non-hydrogen) atoms. The van der Waals surface area contributed by atoms with Crippen LogP contribution in [0, 0.1) is 11.3 Å². The van der Waals surface area contributed by atoms with Gasteiger partial charge in [-0.15, -0.1) is 0 Å². The van der Waals surface area contributed by atoms with E-state index >= 15 is 0 Å². The molecule has 0 unspecified atom stereocenters. The molecule has 1 amide bonds. The fraction of sp³-hybridized carbons (Fsp3) is 0.333. The Bertz CT molecular complexity index is 594. The van der Waals surface area contributed by atoms with Crippen molar-refractivity contribution in [3.63, 3.8) is 0 Å². The number of nitriles is 1. The highest BCUT2D eigenvalue weighted by molar-refractivity contribution is 6.36. The molecule has 0 radical (unpaired) electrons. The Morgan fingerprint density at radius 2 is 2.14 bits per heavy atom. The number of carbonyl (C=O) groups excluding carboxylic acids is 1. The maximum atomic E-state index is 12.0. The van der Waals surface area contributed by atoms with E-state index in [4.69, 9.17) is 28.5 Å². The highest BCUT2D eigenvalue weighted by atomic mass is 35.5. The van der Waals surface area contributed by atoms with Crippen molar-refractivity contribution in [3.05, 3.63) is 40.0 Å². The van der Waals surface area contributed by atoms with E-state index in [0.29, 0.717) is 22.3 Å². The van der Waals surface area contributed by atoms with Gasteiger partial charge in [-0.1, -0.05) is 23.2 Å². The number of benzene rings is 1. The molecule has 1 aromatic carbocycles. The molecule has 1 rings (SSSR count). The van der Waals surface area contributed by atoms with Crippen LogP contribution in [0.15, 0.2) is 30.0 Å². The first kappa shape index (κ1) is 18.3. The SMILES string of the molecule is CN(C)CCCN/C=C(/C#N)C(=O)Nc1ccc(Cl)cc1Cl. The number of hydrogen-bond acceptors (Lipinski definition) is 4. The topological polar surface area (TPSA) is 68.2 Å². The predicted molar refractivity (Wildman–Crippen MR) is 90.0 cm³/mol. The second-order valence-corrected chi connectivity index (χ2v) is 5.70. The zero-order chi connectivity index (χ0) is 16.5. The number of carbonyl (C=O) groups is 1. The van der Waals surface area contributed by atoms with Crippen LogP contribution in [0.2, 0.25) is 10.0 Å². The maximum Gasteiger partial charge on any atom is 0.267 e. The summed E-state index contributed by atoms with van der Waals surface area (Å²) in [6.45, 7) is 1.60. The van der Waals surface area contributed by atoms with Gasteiger partial charge in [0.25, 0.3) is 5.91 Å². The third kappa shape index (κ3) is 6.35. The lowest BCUT2D eigenvalue weighted by Gasteiger charge is -2.09. The highest BCUT2D eigenvalue weighted by Gasteiger charge is 2.11. The Kier molecular flexibility index (Phi) is 7.75. The van der Waals surface area contributed by atoms with Crippen LogP contribution in [0.5, 0.6) is 0 Å². The van der Waals surface area contributed by atoms with Crippen LogP contribution in [-0.4, -0.2) is 38.0 Å². The van der Waals surface area contributed by atoms with Gasteiger partial charge in [0.2, 0.25) is 0 Å². The summed E-state index contributed by atoms with van der Waals surface area (Å²) in [5, 5.41) is 15.4. The summed E-state index contributed by atoms with van der Waals surface area (Å²) in [5.41, 5.74) is 0.390. The first-order valence-electron chi connectivity index (χ1n) is 6.69. The number of nitrogens with zero attached hydrogens (tertiary/aromatic N) is 2. The molecule has 7 heteroatoms. The number of halogens is 2. The first-order valence-corrected chi connectivity index (χ1v) is 7.44. The molecule has 0 atom stereocenters. The summed E-state index contributed by atoms with van der Waals surface area (Å²) in [6, 6.07) is 6.58. The van der Waals surface area contributed by atoms with E-state index in [0.717, 1.165) is 13.0 Å². The number of rotatable bonds is 7. The molecule has 0 aromatic heterocycles. The summed E-state index contributed by atoms with van der Waals surface area (Å²) in [5.74, 6) is -0.521. The van der Waals surface area contributed by atoms with Crippen molar-refractivity contribution in [1.29, 1.82) is 5.26 Å². The molecule has 0 bridgehead atoms. The minimum Gasteiger partial charge on any atom is -0.390 e. The zero-order valence-corrected chi connectivity index (χ0v) is 14.0. The van der Waals surface area contributed by atoms with Crippen LogP contribution in [0.3, 0.4) is 0 Å². The number of hydrogen-bond donors (Lipinski definition) is 2. The largest absolute Gasteiger partial charge is 0.390 e. The van der Waals surface area contributed by atoms with Crippen molar-refractivity contribution in [2.75, 3.05) is 32.5 Å². The second-order valence-electron chi connectivity index (χ2n) is 4.86. The molecule has 0 fully saturated rings. The zero-order valence-electron chi connectivity index (χ0n) is 12.5. The molecule has 1 aromatic rings. The van der Waals surface area contributed by atoms with Crippen molar-refractivity contribution in [2.24, 2.45) is 0 Å². The molecule has 0 saturated heterocycles. The first-order chi connectivity index (χ1) is 10.4. The molecule has 0 saturated carbocycles. The monoisotopic (exact) mass is 340 g/mol. The Hall–Kier alpha value is -1.74. The van der Waals surface area contributed by atoms with E-state index in [1.54, 1.807) is 12.1 Å². The fourth-order valence-electron chi connectivity index (χ4n) is 1.60. The lowest BCUT2D eigenvalue weighted by Crippen LogP contribution is -2.20. The van der Waals surface area contributed by atoms with Crippen molar-refractivity contribution in [3.8, 4) is 6.07 Å². The van der Waals surface area contributed by atoms with Crippen LogP contribution in [-0.2, 0) is 4.79 Å². The van der Waals surface area contributed by atoms with Crippen LogP contribution < -0.4 is 10.6 Å². The van der Waals surface area contributed by atoms with E-state index < -0.39 is 5.91 Å². The van der Waals surface area contributed by atoms with Crippen LogP contribution >= 0.6 is 23.2 Å². The van der Waals surface area contributed by atoms with Crippen molar-refractivity contribution < 1.29 is 4.79 Å². The van der Waals surface area contributed by atoms with Gasteiger partial charge < -0.3 is 15.5 Å².